The monoisotopic (exact) mass is 420 g/mol. The predicted molar refractivity (Wildman–Crippen MR) is 111 cm³/mol. The second kappa shape index (κ2) is 8.28. The predicted octanol–water partition coefficient (Wildman–Crippen LogP) is 4.63. The molecule has 7 nitrogen and oxygen atoms in total. The van der Waals surface area contributed by atoms with Crippen molar-refractivity contribution in [3.05, 3.63) is 40.4 Å². The first-order valence-electron chi connectivity index (χ1n) is 8.65. The van der Waals surface area contributed by atoms with Crippen LogP contribution in [-0.2, 0) is 22.5 Å². The Morgan fingerprint density at radius 2 is 2.25 bits per heavy atom. The molecule has 2 aromatic heterocycles. The van der Waals surface area contributed by atoms with E-state index in [2.05, 4.69) is 19.8 Å². The summed E-state index contributed by atoms with van der Waals surface area (Å²) >= 11 is 7.29. The molecule has 0 fully saturated rings. The zero-order chi connectivity index (χ0) is 20.3. The molecule has 0 spiro atoms. The molecule has 3 rings (SSSR count). The molecule has 1 amide bonds. The third-order valence-electron chi connectivity index (χ3n) is 4.02. The van der Waals surface area contributed by atoms with Gasteiger partial charge in [0.15, 0.2) is 11.5 Å². The Hall–Kier alpha value is -2.45. The van der Waals surface area contributed by atoms with Crippen molar-refractivity contribution < 1.29 is 14.0 Å². The summed E-state index contributed by atoms with van der Waals surface area (Å²) in [6.07, 6.45) is 2.51. The van der Waals surface area contributed by atoms with Crippen LogP contribution in [0.5, 0.6) is 0 Å². The van der Waals surface area contributed by atoms with Crippen molar-refractivity contribution in [2.45, 2.75) is 33.6 Å². The Bertz CT molecular complexity index is 1030. The molecule has 1 N–H and O–H groups in total. The van der Waals surface area contributed by atoms with Crippen LogP contribution in [0.1, 0.15) is 31.0 Å². The lowest BCUT2D eigenvalue weighted by molar-refractivity contribution is -0.115. The molecular formula is C19H21ClN4O3S. The summed E-state index contributed by atoms with van der Waals surface area (Å²) in [5.41, 5.74) is 2.68. The van der Waals surface area contributed by atoms with E-state index in [1.165, 1.54) is 18.6 Å². The summed E-state index contributed by atoms with van der Waals surface area (Å²) in [6.45, 7) is 5.84. The summed E-state index contributed by atoms with van der Waals surface area (Å²) in [4.78, 5) is 21.6. The molecule has 148 valence electrons. The first-order chi connectivity index (χ1) is 13.3. The van der Waals surface area contributed by atoms with Crippen LogP contribution in [0.3, 0.4) is 0 Å². The first kappa shape index (κ1) is 20.3. The fraction of sp³-hybridized carbons (Fsp3) is 0.368. The zero-order valence-corrected chi connectivity index (χ0v) is 17.6. The Balaban J connectivity index is 1.71. The summed E-state index contributed by atoms with van der Waals surface area (Å²) in [6, 6.07) is 5.54. The molecule has 0 aliphatic heterocycles. The Labute approximate surface area is 171 Å². The number of nitrogens with one attached hydrogen (secondary N) is 1. The van der Waals surface area contributed by atoms with Crippen molar-refractivity contribution in [1.29, 1.82) is 0 Å². The average molecular weight is 421 g/mol. The molecule has 0 bridgehead atoms. The van der Waals surface area contributed by atoms with Crippen molar-refractivity contribution in [2.75, 3.05) is 12.4 Å². The van der Waals surface area contributed by atoms with Crippen LogP contribution in [0.25, 0.3) is 11.1 Å². The maximum Gasteiger partial charge on any atom is 0.229 e. The minimum Gasteiger partial charge on any atom is -0.441 e. The molecule has 1 aromatic carbocycles. The van der Waals surface area contributed by atoms with Crippen LogP contribution in [0.15, 0.2) is 27.8 Å². The summed E-state index contributed by atoms with van der Waals surface area (Å²) in [5.74, 6) is 0.446. The molecule has 0 saturated carbocycles. The van der Waals surface area contributed by atoms with E-state index in [1.807, 2.05) is 32.0 Å². The van der Waals surface area contributed by atoms with Crippen LogP contribution in [0.2, 0.25) is 5.02 Å². The number of nitrogens with zero attached hydrogens (tertiary/aromatic N) is 3. The van der Waals surface area contributed by atoms with Crippen molar-refractivity contribution in [3.8, 4) is 0 Å². The number of carbonyl (C=O) groups excluding carboxylic acids is 1. The number of aryl methyl sites for hydroxylation is 1. The number of carbonyl (C=O) groups is 1. The highest BCUT2D eigenvalue weighted by atomic mass is 35.5. The number of oxazole rings is 1. The van der Waals surface area contributed by atoms with Gasteiger partial charge in [-0.1, -0.05) is 36.7 Å². The highest BCUT2D eigenvalue weighted by Gasteiger charge is 2.20. The second-order valence-corrected chi connectivity index (χ2v) is 8.28. The van der Waals surface area contributed by atoms with Crippen LogP contribution >= 0.6 is 23.1 Å². The van der Waals surface area contributed by atoms with Gasteiger partial charge in [-0.25, -0.2) is 4.98 Å². The SMILES string of the molecule is CO/N=C/C(C)(C)Cc1nc2cc(CC(=O)Nc3snc(C)c3Cl)ccc2o1. The topological polar surface area (TPSA) is 89.6 Å². The van der Waals surface area contributed by atoms with Gasteiger partial charge in [-0.2, -0.15) is 4.37 Å². The highest BCUT2D eigenvalue weighted by Crippen LogP contribution is 2.29. The number of hydrogen-bond acceptors (Lipinski definition) is 7. The van der Waals surface area contributed by atoms with Gasteiger partial charge in [-0.3, -0.25) is 4.79 Å². The van der Waals surface area contributed by atoms with Gasteiger partial charge in [-0.15, -0.1) is 0 Å². The van der Waals surface area contributed by atoms with Gasteiger partial charge in [0.1, 0.15) is 17.6 Å². The van der Waals surface area contributed by atoms with E-state index >= 15 is 0 Å². The van der Waals surface area contributed by atoms with Gasteiger partial charge in [0.05, 0.1) is 17.1 Å². The molecule has 0 aliphatic carbocycles. The van der Waals surface area contributed by atoms with Gasteiger partial charge in [0, 0.05) is 18.1 Å². The maximum absolute atomic E-state index is 12.3. The highest BCUT2D eigenvalue weighted by molar-refractivity contribution is 7.11. The molecule has 0 saturated heterocycles. The molecule has 0 unspecified atom stereocenters. The molecule has 28 heavy (non-hydrogen) atoms. The molecule has 0 atom stereocenters. The van der Waals surface area contributed by atoms with Gasteiger partial charge in [0.25, 0.3) is 0 Å². The number of benzene rings is 1. The molecule has 0 aliphatic rings. The van der Waals surface area contributed by atoms with Crippen LogP contribution in [0.4, 0.5) is 5.00 Å². The normalized spacial score (nSPS) is 12.0. The molecule has 3 aromatic rings. The number of aromatic nitrogens is 2. The van der Waals surface area contributed by atoms with Crippen molar-refractivity contribution in [3.63, 3.8) is 0 Å². The Morgan fingerprint density at radius 3 is 2.93 bits per heavy atom. The third kappa shape index (κ3) is 4.88. The number of hydrogen-bond donors (Lipinski definition) is 1. The van der Waals surface area contributed by atoms with Crippen LogP contribution < -0.4 is 5.32 Å². The fourth-order valence-electron chi connectivity index (χ4n) is 2.63. The number of fused-ring (bicyclic) bond motifs is 1. The van der Waals surface area contributed by atoms with Gasteiger partial charge in [0.2, 0.25) is 5.91 Å². The standard InChI is InChI=1S/C19H21ClN4O3S/c1-11-17(20)18(28-24-11)23-15(25)8-12-5-6-14-13(7-12)22-16(27-14)9-19(2,3)10-21-26-4/h5-7,10H,8-9H2,1-4H3,(H,23,25)/b21-10+. The number of anilines is 1. The Kier molecular flexibility index (Phi) is 6.00. The quantitative estimate of drug-likeness (QED) is 0.444. The van der Waals surface area contributed by atoms with Gasteiger partial charge < -0.3 is 14.6 Å². The minimum absolute atomic E-state index is 0.162. The van der Waals surface area contributed by atoms with E-state index in [9.17, 15) is 4.79 Å². The first-order valence-corrected chi connectivity index (χ1v) is 9.80. The van der Waals surface area contributed by atoms with E-state index in [4.69, 9.17) is 20.9 Å². The lowest BCUT2D eigenvalue weighted by Gasteiger charge is -2.15. The largest absolute Gasteiger partial charge is 0.441 e. The van der Waals surface area contributed by atoms with Gasteiger partial charge in [-0.05, 0) is 36.2 Å². The third-order valence-corrected chi connectivity index (χ3v) is 5.45. The lowest BCUT2D eigenvalue weighted by Crippen LogP contribution is -2.17. The van der Waals surface area contributed by atoms with Crippen molar-refractivity contribution >= 4 is 51.4 Å². The summed E-state index contributed by atoms with van der Waals surface area (Å²) < 4.78 is 9.94. The van der Waals surface area contributed by atoms with Gasteiger partial charge >= 0.3 is 0 Å². The van der Waals surface area contributed by atoms with E-state index in [-0.39, 0.29) is 17.7 Å². The average Bonchev–Trinajstić information content (AvgIpc) is 3.16. The van der Waals surface area contributed by atoms with E-state index in [1.54, 1.807) is 13.1 Å². The summed E-state index contributed by atoms with van der Waals surface area (Å²) in [5, 5.41) is 7.67. The minimum atomic E-state index is -0.258. The molecular weight excluding hydrogens is 400 g/mol. The Morgan fingerprint density at radius 1 is 1.46 bits per heavy atom. The smallest absolute Gasteiger partial charge is 0.229 e. The number of rotatable bonds is 7. The van der Waals surface area contributed by atoms with E-state index < -0.39 is 0 Å². The van der Waals surface area contributed by atoms with E-state index in [0.717, 1.165) is 5.56 Å². The van der Waals surface area contributed by atoms with E-state index in [0.29, 0.717) is 39.1 Å². The van der Waals surface area contributed by atoms with Crippen LogP contribution in [-0.4, -0.2) is 28.6 Å². The number of oxime groups is 1. The second-order valence-electron chi connectivity index (χ2n) is 7.13. The fourth-order valence-corrected chi connectivity index (χ4v) is 3.58. The number of amides is 1. The van der Waals surface area contributed by atoms with Crippen molar-refractivity contribution in [1.82, 2.24) is 9.36 Å². The van der Waals surface area contributed by atoms with Crippen molar-refractivity contribution in [2.24, 2.45) is 10.6 Å². The van der Waals surface area contributed by atoms with Crippen LogP contribution in [0, 0.1) is 12.3 Å². The maximum atomic E-state index is 12.3. The molecule has 0 radical (unpaired) electrons. The molecule has 2 heterocycles. The zero-order valence-electron chi connectivity index (χ0n) is 16.1. The lowest BCUT2D eigenvalue weighted by atomic mass is 9.91. The summed E-state index contributed by atoms with van der Waals surface area (Å²) in [7, 11) is 1.51. The molecule has 9 heteroatoms. The number of halogens is 1.